The number of rotatable bonds is 3. The van der Waals surface area contributed by atoms with E-state index in [1.165, 1.54) is 19.3 Å². The third-order valence-electron chi connectivity index (χ3n) is 1.41. The fraction of sp³-hybridized carbons (Fsp3) is 0.800. The zero-order valence-electron chi connectivity index (χ0n) is 8.58. The van der Waals surface area contributed by atoms with Crippen molar-refractivity contribution in [2.75, 3.05) is 0 Å². The van der Waals surface area contributed by atoms with Gasteiger partial charge in [-0.3, -0.25) is 0 Å². The number of unbranched alkanes of at least 4 members (excludes halogenated alkanes) is 1. The van der Waals surface area contributed by atoms with Gasteiger partial charge in [0.1, 0.15) is 8.07 Å². The maximum Gasteiger partial charge on any atom is 0.129 e. The molecular weight excluding hydrogens is 228 g/mol. The first-order chi connectivity index (χ1) is 5.45. The summed E-state index contributed by atoms with van der Waals surface area (Å²) in [7, 11) is -1.15. The topological polar surface area (TPSA) is 0 Å². The van der Waals surface area contributed by atoms with Gasteiger partial charge in [-0.25, -0.2) is 0 Å². The van der Waals surface area contributed by atoms with Crippen LogP contribution in [0.1, 0.15) is 26.2 Å². The fourth-order valence-corrected chi connectivity index (χ4v) is 2.01. The largest absolute Gasteiger partial charge is 0.131 e. The van der Waals surface area contributed by atoms with Crippen LogP contribution in [-0.2, 0) is 0 Å². The van der Waals surface area contributed by atoms with E-state index in [1.807, 2.05) is 0 Å². The van der Waals surface area contributed by atoms with E-state index in [0.29, 0.717) is 4.83 Å². The molecule has 0 spiro atoms. The Bertz CT molecular complexity index is 171. The summed E-state index contributed by atoms with van der Waals surface area (Å²) < 4.78 is 0. The van der Waals surface area contributed by atoms with Crippen molar-refractivity contribution in [1.82, 2.24) is 0 Å². The zero-order chi connectivity index (χ0) is 9.61. The maximum absolute atomic E-state index is 3.58. The fourth-order valence-electron chi connectivity index (χ4n) is 0.750. The molecule has 0 saturated heterocycles. The van der Waals surface area contributed by atoms with Crippen LogP contribution in [0.4, 0.5) is 0 Å². The second-order valence-corrected chi connectivity index (χ2v) is 9.98. The minimum atomic E-state index is -1.15. The van der Waals surface area contributed by atoms with Crippen molar-refractivity contribution >= 4 is 24.0 Å². The van der Waals surface area contributed by atoms with E-state index < -0.39 is 8.07 Å². The summed E-state index contributed by atoms with van der Waals surface area (Å²) in [5.74, 6) is 3.29. The second kappa shape index (κ2) is 5.83. The molecule has 1 atom stereocenters. The number of hydrogen-bond donors (Lipinski definition) is 0. The van der Waals surface area contributed by atoms with E-state index in [9.17, 15) is 0 Å². The smallest absolute Gasteiger partial charge is 0.129 e. The Morgan fingerprint density at radius 3 is 2.33 bits per heavy atom. The van der Waals surface area contributed by atoms with Gasteiger partial charge in [0.15, 0.2) is 0 Å². The Kier molecular flexibility index (Phi) is 5.95. The van der Waals surface area contributed by atoms with Gasteiger partial charge < -0.3 is 0 Å². The molecule has 0 aromatic carbocycles. The Morgan fingerprint density at radius 1 is 1.33 bits per heavy atom. The van der Waals surface area contributed by atoms with Crippen molar-refractivity contribution in [2.24, 2.45) is 0 Å². The lowest BCUT2D eigenvalue weighted by Crippen LogP contribution is -2.17. The van der Waals surface area contributed by atoms with Crippen LogP contribution in [0.3, 0.4) is 0 Å². The molecule has 0 aliphatic heterocycles. The molecule has 0 aromatic rings. The van der Waals surface area contributed by atoms with E-state index in [0.717, 1.165) is 0 Å². The molecule has 0 bridgehead atoms. The van der Waals surface area contributed by atoms with Gasteiger partial charge in [-0.15, -0.1) is 5.54 Å². The van der Waals surface area contributed by atoms with E-state index in [-0.39, 0.29) is 0 Å². The molecule has 0 nitrogen and oxygen atoms in total. The first-order valence-corrected chi connectivity index (χ1v) is 9.04. The van der Waals surface area contributed by atoms with Crippen molar-refractivity contribution in [3.63, 3.8) is 0 Å². The molecule has 0 radical (unpaired) electrons. The molecule has 0 saturated carbocycles. The molecule has 0 aliphatic carbocycles. The molecule has 0 aromatic heterocycles. The van der Waals surface area contributed by atoms with Gasteiger partial charge in [0.25, 0.3) is 0 Å². The standard InChI is InChI=1S/C10H19BrSi/c1-5-6-7-10(11)8-9-12(2,3)4/h10H,5-7H2,1-4H3. The van der Waals surface area contributed by atoms with Crippen LogP contribution >= 0.6 is 15.9 Å². The summed E-state index contributed by atoms with van der Waals surface area (Å²) >= 11 is 3.58. The maximum atomic E-state index is 3.58. The summed E-state index contributed by atoms with van der Waals surface area (Å²) in [6.07, 6.45) is 3.72. The van der Waals surface area contributed by atoms with Gasteiger partial charge in [0.2, 0.25) is 0 Å². The lowest BCUT2D eigenvalue weighted by molar-refractivity contribution is 0.750. The summed E-state index contributed by atoms with van der Waals surface area (Å²) in [4.78, 5) is 0.421. The van der Waals surface area contributed by atoms with Crippen LogP contribution in [0.2, 0.25) is 19.6 Å². The van der Waals surface area contributed by atoms with Crippen LogP contribution in [0, 0.1) is 11.5 Å². The highest BCUT2D eigenvalue weighted by Gasteiger charge is 2.08. The predicted octanol–water partition coefficient (Wildman–Crippen LogP) is 3.82. The summed E-state index contributed by atoms with van der Waals surface area (Å²) in [5, 5.41) is 0. The van der Waals surface area contributed by atoms with Gasteiger partial charge in [0, 0.05) is 0 Å². The third kappa shape index (κ3) is 8.35. The molecule has 0 fully saturated rings. The van der Waals surface area contributed by atoms with E-state index in [1.54, 1.807) is 0 Å². The van der Waals surface area contributed by atoms with Gasteiger partial charge in [-0.1, -0.05) is 61.3 Å². The van der Waals surface area contributed by atoms with Gasteiger partial charge in [-0.05, 0) is 6.42 Å². The van der Waals surface area contributed by atoms with Crippen LogP contribution in [-0.4, -0.2) is 12.9 Å². The summed E-state index contributed by atoms with van der Waals surface area (Å²) in [5.41, 5.74) is 3.37. The molecule has 12 heavy (non-hydrogen) atoms. The minimum Gasteiger partial charge on any atom is -0.131 e. The first-order valence-electron chi connectivity index (χ1n) is 4.62. The molecule has 1 unspecified atom stereocenters. The SMILES string of the molecule is CCCCC(Br)C#C[Si](C)(C)C. The summed E-state index contributed by atoms with van der Waals surface area (Å²) in [6.45, 7) is 9.05. The Morgan fingerprint density at radius 2 is 1.92 bits per heavy atom. The Hall–Kier alpha value is 0.257. The molecule has 0 N–H and O–H groups in total. The van der Waals surface area contributed by atoms with Crippen molar-refractivity contribution < 1.29 is 0 Å². The Labute approximate surface area is 86.3 Å². The molecule has 0 aliphatic rings. The van der Waals surface area contributed by atoms with Crippen molar-refractivity contribution in [3.05, 3.63) is 0 Å². The highest BCUT2D eigenvalue weighted by Crippen LogP contribution is 2.09. The van der Waals surface area contributed by atoms with Crippen molar-refractivity contribution in [1.29, 1.82) is 0 Å². The molecule has 0 heterocycles. The average Bonchev–Trinajstić information content (AvgIpc) is 1.95. The van der Waals surface area contributed by atoms with Gasteiger partial charge >= 0.3 is 0 Å². The number of alkyl halides is 1. The second-order valence-electron chi connectivity index (χ2n) is 4.13. The van der Waals surface area contributed by atoms with Crippen molar-refractivity contribution in [3.8, 4) is 11.5 Å². The first kappa shape index (κ1) is 12.3. The molecule has 2 heteroatoms. The lowest BCUT2D eigenvalue weighted by atomic mass is 10.2. The van der Waals surface area contributed by atoms with E-state index in [2.05, 4.69) is 54.0 Å². The molecule has 0 amide bonds. The lowest BCUT2D eigenvalue weighted by Gasteiger charge is -2.05. The molecular formula is C10H19BrSi. The highest BCUT2D eigenvalue weighted by molar-refractivity contribution is 9.09. The predicted molar refractivity (Wildman–Crippen MR) is 63.4 cm³/mol. The van der Waals surface area contributed by atoms with E-state index in [4.69, 9.17) is 0 Å². The van der Waals surface area contributed by atoms with Gasteiger partial charge in [-0.2, -0.15) is 0 Å². The van der Waals surface area contributed by atoms with Gasteiger partial charge in [0.05, 0.1) is 4.83 Å². The van der Waals surface area contributed by atoms with Crippen LogP contribution in [0.5, 0.6) is 0 Å². The van der Waals surface area contributed by atoms with Crippen LogP contribution < -0.4 is 0 Å². The molecule has 0 rings (SSSR count). The molecule has 70 valence electrons. The number of hydrogen-bond acceptors (Lipinski definition) is 0. The Balaban J connectivity index is 3.79. The van der Waals surface area contributed by atoms with Crippen LogP contribution in [0.25, 0.3) is 0 Å². The average molecular weight is 247 g/mol. The van der Waals surface area contributed by atoms with Crippen molar-refractivity contribution in [2.45, 2.75) is 50.7 Å². The van der Waals surface area contributed by atoms with Crippen LogP contribution in [0.15, 0.2) is 0 Å². The number of halogens is 1. The summed E-state index contributed by atoms with van der Waals surface area (Å²) in [6, 6.07) is 0. The zero-order valence-corrected chi connectivity index (χ0v) is 11.2. The minimum absolute atomic E-state index is 0.421. The third-order valence-corrected chi connectivity index (χ3v) is 3.00. The quantitative estimate of drug-likeness (QED) is 0.404. The monoisotopic (exact) mass is 246 g/mol. The highest BCUT2D eigenvalue weighted by atomic mass is 79.9. The van der Waals surface area contributed by atoms with E-state index >= 15 is 0 Å². The normalized spacial score (nSPS) is 13.4.